The molecule has 1 aromatic carbocycles. The van der Waals surface area contributed by atoms with Crippen molar-refractivity contribution >= 4 is 0 Å². The number of rotatable bonds is 2. The summed E-state index contributed by atoms with van der Waals surface area (Å²) in [5.41, 5.74) is 2.14. The van der Waals surface area contributed by atoms with Gasteiger partial charge in [0.25, 0.3) is 0 Å². The van der Waals surface area contributed by atoms with Crippen LogP contribution < -0.4 is 10.1 Å². The predicted molar refractivity (Wildman–Crippen MR) is 57.9 cm³/mol. The largest absolute Gasteiger partial charge is 0.496 e. The molecule has 1 aromatic rings. The maximum atomic E-state index is 13.3. The van der Waals surface area contributed by atoms with Crippen LogP contribution >= 0.6 is 0 Å². The normalized spacial score (nSPS) is 20.6. The van der Waals surface area contributed by atoms with Crippen LogP contribution in [0.5, 0.6) is 5.75 Å². The molecule has 1 fully saturated rings. The second kappa shape index (κ2) is 4.19. The van der Waals surface area contributed by atoms with Crippen molar-refractivity contribution in [3.05, 3.63) is 29.1 Å². The lowest BCUT2D eigenvalue weighted by atomic mass is 9.93. The van der Waals surface area contributed by atoms with Gasteiger partial charge >= 0.3 is 0 Å². The number of hydrogen-bond donors (Lipinski definition) is 1. The summed E-state index contributed by atoms with van der Waals surface area (Å²) in [6.07, 6.45) is 1.08. The molecule has 0 radical (unpaired) electrons. The Morgan fingerprint density at radius 3 is 2.87 bits per heavy atom. The molecule has 3 heteroatoms. The first-order valence-corrected chi connectivity index (χ1v) is 5.27. The van der Waals surface area contributed by atoms with Crippen molar-refractivity contribution in [2.24, 2.45) is 0 Å². The summed E-state index contributed by atoms with van der Waals surface area (Å²) >= 11 is 0. The summed E-state index contributed by atoms with van der Waals surface area (Å²) in [5.74, 6) is 0.867. The number of hydrogen-bond acceptors (Lipinski definition) is 2. The molecule has 1 aliphatic heterocycles. The molecule has 0 spiro atoms. The first-order valence-electron chi connectivity index (χ1n) is 5.27. The molecule has 0 aromatic heterocycles. The molecule has 2 nitrogen and oxygen atoms in total. The summed E-state index contributed by atoms with van der Waals surface area (Å²) < 4.78 is 18.5. The van der Waals surface area contributed by atoms with Crippen LogP contribution in [0, 0.1) is 12.7 Å². The minimum Gasteiger partial charge on any atom is -0.496 e. The van der Waals surface area contributed by atoms with E-state index < -0.39 is 0 Å². The number of methoxy groups -OCH3 is 1. The van der Waals surface area contributed by atoms with E-state index in [-0.39, 0.29) is 5.82 Å². The van der Waals surface area contributed by atoms with Gasteiger partial charge in [0.05, 0.1) is 7.11 Å². The molecule has 82 valence electrons. The summed E-state index contributed by atoms with van der Waals surface area (Å²) in [6, 6.07) is 3.08. The second-order valence-electron chi connectivity index (χ2n) is 4.01. The van der Waals surface area contributed by atoms with E-state index >= 15 is 0 Å². The van der Waals surface area contributed by atoms with Crippen LogP contribution in [-0.4, -0.2) is 20.2 Å². The Morgan fingerprint density at radius 1 is 1.47 bits per heavy atom. The van der Waals surface area contributed by atoms with Crippen molar-refractivity contribution in [1.82, 2.24) is 5.32 Å². The molecule has 15 heavy (non-hydrogen) atoms. The summed E-state index contributed by atoms with van der Waals surface area (Å²) in [7, 11) is 1.58. The molecule has 2 rings (SSSR count). The third kappa shape index (κ3) is 1.97. The number of ether oxygens (including phenoxy) is 1. The minimum atomic E-state index is -0.209. The molecule has 0 saturated carbocycles. The maximum Gasteiger partial charge on any atom is 0.127 e. The van der Waals surface area contributed by atoms with Crippen LogP contribution in [0.15, 0.2) is 12.1 Å². The lowest BCUT2D eigenvalue weighted by Crippen LogP contribution is -2.09. The van der Waals surface area contributed by atoms with Crippen LogP contribution in [0.4, 0.5) is 4.39 Å². The number of halogens is 1. The van der Waals surface area contributed by atoms with E-state index in [1.807, 2.05) is 6.92 Å². The van der Waals surface area contributed by atoms with Crippen molar-refractivity contribution in [2.75, 3.05) is 20.2 Å². The van der Waals surface area contributed by atoms with E-state index in [2.05, 4.69) is 5.32 Å². The van der Waals surface area contributed by atoms with Gasteiger partial charge in [-0.2, -0.15) is 0 Å². The smallest absolute Gasteiger partial charge is 0.127 e. The molecule has 1 saturated heterocycles. The van der Waals surface area contributed by atoms with Crippen molar-refractivity contribution in [3.8, 4) is 5.75 Å². The monoisotopic (exact) mass is 209 g/mol. The molecule has 0 aliphatic carbocycles. The van der Waals surface area contributed by atoms with Gasteiger partial charge in [0.2, 0.25) is 0 Å². The molecule has 1 N–H and O–H groups in total. The summed E-state index contributed by atoms with van der Waals surface area (Å²) in [6.45, 7) is 3.95. The standard InChI is InChI=1S/C12H16FNO/c1-8-11(9-3-4-14-7-9)5-10(13)6-12(8)15-2/h5-6,9,14H,3-4,7H2,1-2H3. The van der Waals surface area contributed by atoms with Crippen molar-refractivity contribution in [3.63, 3.8) is 0 Å². The van der Waals surface area contributed by atoms with Gasteiger partial charge in [-0.3, -0.25) is 0 Å². The zero-order valence-electron chi connectivity index (χ0n) is 9.14. The third-order valence-corrected chi connectivity index (χ3v) is 3.09. The van der Waals surface area contributed by atoms with Crippen molar-refractivity contribution < 1.29 is 9.13 Å². The maximum absolute atomic E-state index is 13.3. The topological polar surface area (TPSA) is 21.3 Å². The van der Waals surface area contributed by atoms with Crippen LogP contribution in [0.25, 0.3) is 0 Å². The highest BCUT2D eigenvalue weighted by Gasteiger charge is 2.20. The molecule has 1 aliphatic rings. The molecular weight excluding hydrogens is 193 g/mol. The summed E-state index contributed by atoms with van der Waals surface area (Å²) in [5, 5.41) is 3.29. The number of nitrogens with one attached hydrogen (secondary N) is 1. The highest BCUT2D eigenvalue weighted by molar-refractivity contribution is 5.42. The van der Waals surface area contributed by atoms with Gasteiger partial charge in [-0.05, 0) is 43.0 Å². The molecule has 1 unspecified atom stereocenters. The summed E-state index contributed by atoms with van der Waals surface area (Å²) in [4.78, 5) is 0. The Labute approximate surface area is 89.4 Å². The van der Waals surface area contributed by atoms with E-state index in [1.165, 1.54) is 6.07 Å². The van der Waals surface area contributed by atoms with Gasteiger partial charge in [0.15, 0.2) is 0 Å². The first-order chi connectivity index (χ1) is 7.22. The van der Waals surface area contributed by atoms with Gasteiger partial charge in [-0.15, -0.1) is 0 Å². The van der Waals surface area contributed by atoms with Crippen LogP contribution in [0.2, 0.25) is 0 Å². The van der Waals surface area contributed by atoms with E-state index in [9.17, 15) is 4.39 Å². The van der Waals surface area contributed by atoms with Gasteiger partial charge in [0, 0.05) is 12.6 Å². The zero-order valence-corrected chi connectivity index (χ0v) is 9.14. The average Bonchev–Trinajstić information content (AvgIpc) is 2.74. The lowest BCUT2D eigenvalue weighted by Gasteiger charge is -2.15. The molecule has 1 atom stereocenters. The van der Waals surface area contributed by atoms with E-state index in [4.69, 9.17) is 4.74 Å². The predicted octanol–water partition coefficient (Wildman–Crippen LogP) is 2.22. The fourth-order valence-electron chi connectivity index (χ4n) is 2.23. The zero-order chi connectivity index (χ0) is 10.8. The Hall–Kier alpha value is -1.09. The fourth-order valence-corrected chi connectivity index (χ4v) is 2.23. The van der Waals surface area contributed by atoms with E-state index in [0.717, 1.165) is 30.6 Å². The van der Waals surface area contributed by atoms with E-state index in [1.54, 1.807) is 13.2 Å². The number of benzene rings is 1. The molecular formula is C12H16FNO. The van der Waals surface area contributed by atoms with Gasteiger partial charge in [-0.1, -0.05) is 0 Å². The van der Waals surface area contributed by atoms with Crippen LogP contribution in [0.3, 0.4) is 0 Å². The SMILES string of the molecule is COc1cc(F)cc(C2CCNC2)c1C. The van der Waals surface area contributed by atoms with Gasteiger partial charge < -0.3 is 10.1 Å². The minimum absolute atomic E-state index is 0.209. The van der Waals surface area contributed by atoms with Crippen LogP contribution in [0.1, 0.15) is 23.5 Å². The van der Waals surface area contributed by atoms with Crippen molar-refractivity contribution in [1.29, 1.82) is 0 Å². The average molecular weight is 209 g/mol. The molecule has 0 bridgehead atoms. The quantitative estimate of drug-likeness (QED) is 0.806. The second-order valence-corrected chi connectivity index (χ2v) is 4.01. The molecule has 1 heterocycles. The Morgan fingerprint density at radius 2 is 2.27 bits per heavy atom. The Bertz CT molecular complexity index is 359. The highest BCUT2D eigenvalue weighted by Crippen LogP contribution is 2.31. The highest BCUT2D eigenvalue weighted by atomic mass is 19.1. The lowest BCUT2D eigenvalue weighted by molar-refractivity contribution is 0.406. The van der Waals surface area contributed by atoms with Gasteiger partial charge in [-0.25, -0.2) is 4.39 Å². The first kappa shape index (κ1) is 10.4. The third-order valence-electron chi connectivity index (χ3n) is 3.09. The Balaban J connectivity index is 2.40. The van der Waals surface area contributed by atoms with Crippen molar-refractivity contribution in [2.45, 2.75) is 19.3 Å². The van der Waals surface area contributed by atoms with Gasteiger partial charge in [0.1, 0.15) is 11.6 Å². The van der Waals surface area contributed by atoms with Crippen LogP contribution in [-0.2, 0) is 0 Å². The Kier molecular flexibility index (Phi) is 2.91. The molecule has 0 amide bonds. The van der Waals surface area contributed by atoms with E-state index in [0.29, 0.717) is 11.7 Å². The fraction of sp³-hybridized carbons (Fsp3) is 0.500.